The predicted molar refractivity (Wildman–Crippen MR) is 157 cm³/mol. The topological polar surface area (TPSA) is 3.24 Å². The molecule has 0 N–H and O–H groups in total. The Kier molecular flexibility index (Phi) is 5.18. The van der Waals surface area contributed by atoms with Gasteiger partial charge in [0.05, 0.1) is 5.69 Å². The molecule has 0 bridgehead atoms. The molecule has 2 heteroatoms. The van der Waals surface area contributed by atoms with Crippen molar-refractivity contribution in [3.63, 3.8) is 0 Å². The summed E-state index contributed by atoms with van der Waals surface area (Å²) in [6, 6.07) is 41.8. The molecule has 6 aromatic rings. The number of allylic oxidation sites excluding steroid dienone is 1. The molecule has 1 aliphatic carbocycles. The van der Waals surface area contributed by atoms with E-state index >= 15 is 0 Å². The minimum Gasteiger partial charge on any atom is -0.310 e. The second kappa shape index (κ2) is 8.82. The fraction of sp³-hybridized carbons (Fsp3) is 0.0588. The second-order valence-corrected chi connectivity index (χ2v) is 10.4. The number of aryl methyl sites for hydroxylation is 1. The molecular formula is C34H25NS. The first-order chi connectivity index (χ1) is 17.8. The van der Waals surface area contributed by atoms with E-state index in [0.29, 0.717) is 0 Å². The van der Waals surface area contributed by atoms with Crippen LogP contribution in [0.4, 0.5) is 17.1 Å². The van der Waals surface area contributed by atoms with Gasteiger partial charge in [-0.15, -0.1) is 11.3 Å². The molecule has 36 heavy (non-hydrogen) atoms. The van der Waals surface area contributed by atoms with Gasteiger partial charge < -0.3 is 4.90 Å². The molecule has 0 saturated carbocycles. The zero-order chi connectivity index (χ0) is 23.9. The molecule has 0 radical (unpaired) electrons. The maximum atomic E-state index is 2.42. The zero-order valence-electron chi connectivity index (χ0n) is 19.9. The lowest BCUT2D eigenvalue weighted by Gasteiger charge is -2.27. The SMILES string of the molecule is C1=Cc2sc3ccc(N(c4ccc(-c5ccccc5)cc4)c4cccc5ccccc45)cc3c2CC1. The Bertz CT molecular complexity index is 1720. The van der Waals surface area contributed by atoms with E-state index < -0.39 is 0 Å². The largest absolute Gasteiger partial charge is 0.310 e. The normalized spacial score (nSPS) is 12.7. The molecule has 1 aliphatic rings. The van der Waals surface area contributed by atoms with Crippen LogP contribution in [0.1, 0.15) is 16.9 Å². The molecule has 1 heterocycles. The number of rotatable bonds is 4. The minimum absolute atomic E-state index is 1.12. The molecular weight excluding hydrogens is 454 g/mol. The van der Waals surface area contributed by atoms with E-state index in [2.05, 4.69) is 132 Å². The quantitative estimate of drug-likeness (QED) is 0.243. The average Bonchev–Trinajstić information content (AvgIpc) is 3.32. The molecule has 0 fully saturated rings. The lowest BCUT2D eigenvalue weighted by molar-refractivity contribution is 1.01. The summed E-state index contributed by atoms with van der Waals surface area (Å²) in [7, 11) is 0. The van der Waals surface area contributed by atoms with Crippen molar-refractivity contribution in [2.45, 2.75) is 12.8 Å². The lowest BCUT2D eigenvalue weighted by Crippen LogP contribution is -2.10. The fourth-order valence-corrected chi connectivity index (χ4v) is 6.53. The summed E-state index contributed by atoms with van der Waals surface area (Å²) >= 11 is 1.91. The molecule has 0 spiro atoms. The highest BCUT2D eigenvalue weighted by Gasteiger charge is 2.18. The number of hydrogen-bond acceptors (Lipinski definition) is 2. The van der Waals surface area contributed by atoms with Crippen LogP contribution in [-0.2, 0) is 6.42 Å². The van der Waals surface area contributed by atoms with Gasteiger partial charge in [0.25, 0.3) is 0 Å². The molecule has 7 rings (SSSR count). The van der Waals surface area contributed by atoms with Crippen molar-refractivity contribution in [1.82, 2.24) is 0 Å². The van der Waals surface area contributed by atoms with Gasteiger partial charge in [0.1, 0.15) is 0 Å². The van der Waals surface area contributed by atoms with Gasteiger partial charge in [-0.05, 0) is 82.8 Å². The van der Waals surface area contributed by atoms with Crippen LogP contribution in [0.2, 0.25) is 0 Å². The van der Waals surface area contributed by atoms with E-state index in [1.807, 2.05) is 11.3 Å². The Morgan fingerprint density at radius 3 is 2.25 bits per heavy atom. The van der Waals surface area contributed by atoms with E-state index in [1.54, 1.807) is 0 Å². The van der Waals surface area contributed by atoms with Crippen LogP contribution in [0.5, 0.6) is 0 Å². The predicted octanol–water partition coefficient (Wildman–Crippen LogP) is 10.2. The first-order valence-corrected chi connectivity index (χ1v) is 13.3. The molecule has 0 unspecified atom stereocenters. The summed E-state index contributed by atoms with van der Waals surface area (Å²) in [6.07, 6.45) is 6.84. The Morgan fingerprint density at radius 1 is 0.611 bits per heavy atom. The van der Waals surface area contributed by atoms with Crippen molar-refractivity contribution in [2.75, 3.05) is 4.90 Å². The van der Waals surface area contributed by atoms with E-state index in [4.69, 9.17) is 0 Å². The summed E-state index contributed by atoms with van der Waals surface area (Å²) in [5.74, 6) is 0. The first kappa shape index (κ1) is 21.2. The third kappa shape index (κ3) is 3.62. The standard InChI is InChI=1S/C34H25NS/c1-2-9-24(10-3-1)25-17-19-27(20-18-25)35(32-15-8-12-26-11-4-5-13-29(26)32)28-21-22-34-31(23-28)30-14-6-7-16-33(30)36-34/h1-5,7-13,15-23H,6,14H2. The fourth-order valence-electron chi connectivity index (χ4n) is 5.37. The van der Waals surface area contributed by atoms with Gasteiger partial charge in [-0.1, -0.05) is 84.9 Å². The maximum absolute atomic E-state index is 2.42. The highest BCUT2D eigenvalue weighted by atomic mass is 32.1. The summed E-state index contributed by atoms with van der Waals surface area (Å²) in [5, 5.41) is 3.89. The van der Waals surface area contributed by atoms with Gasteiger partial charge in [-0.2, -0.15) is 0 Å². The number of benzene rings is 5. The number of fused-ring (bicyclic) bond motifs is 4. The van der Waals surface area contributed by atoms with Crippen molar-refractivity contribution in [3.05, 3.63) is 132 Å². The number of hydrogen-bond donors (Lipinski definition) is 0. The van der Waals surface area contributed by atoms with Gasteiger partial charge in [-0.3, -0.25) is 0 Å². The molecule has 0 saturated heterocycles. The Labute approximate surface area is 215 Å². The smallest absolute Gasteiger partial charge is 0.0540 e. The van der Waals surface area contributed by atoms with Crippen molar-refractivity contribution >= 4 is 55.3 Å². The van der Waals surface area contributed by atoms with Crippen molar-refractivity contribution < 1.29 is 0 Å². The van der Waals surface area contributed by atoms with Crippen molar-refractivity contribution in [2.24, 2.45) is 0 Å². The first-order valence-electron chi connectivity index (χ1n) is 12.5. The molecule has 0 amide bonds. The lowest BCUT2D eigenvalue weighted by atomic mass is 10.00. The molecule has 5 aromatic carbocycles. The van der Waals surface area contributed by atoms with Crippen LogP contribution in [0, 0.1) is 0 Å². The van der Waals surface area contributed by atoms with Crippen molar-refractivity contribution in [3.8, 4) is 11.1 Å². The van der Waals surface area contributed by atoms with E-state index in [1.165, 1.54) is 53.8 Å². The molecule has 1 nitrogen and oxygen atoms in total. The van der Waals surface area contributed by atoms with Crippen LogP contribution >= 0.6 is 11.3 Å². The van der Waals surface area contributed by atoms with Gasteiger partial charge in [-0.25, -0.2) is 0 Å². The zero-order valence-corrected chi connectivity index (χ0v) is 20.7. The van der Waals surface area contributed by atoms with Gasteiger partial charge >= 0.3 is 0 Å². The highest BCUT2D eigenvalue weighted by molar-refractivity contribution is 7.20. The van der Waals surface area contributed by atoms with E-state index in [-0.39, 0.29) is 0 Å². The molecule has 172 valence electrons. The average molecular weight is 480 g/mol. The monoisotopic (exact) mass is 479 g/mol. The van der Waals surface area contributed by atoms with Crippen LogP contribution in [0.25, 0.3) is 38.1 Å². The third-order valence-electron chi connectivity index (χ3n) is 7.13. The van der Waals surface area contributed by atoms with E-state index in [0.717, 1.165) is 18.5 Å². The Morgan fingerprint density at radius 2 is 1.36 bits per heavy atom. The van der Waals surface area contributed by atoms with E-state index in [9.17, 15) is 0 Å². The van der Waals surface area contributed by atoms with Crippen molar-refractivity contribution in [1.29, 1.82) is 0 Å². The Balaban J connectivity index is 1.42. The van der Waals surface area contributed by atoms with Gasteiger partial charge in [0, 0.05) is 26.3 Å². The molecule has 1 aromatic heterocycles. The maximum Gasteiger partial charge on any atom is 0.0540 e. The van der Waals surface area contributed by atoms with Gasteiger partial charge in [0.2, 0.25) is 0 Å². The summed E-state index contributed by atoms with van der Waals surface area (Å²) < 4.78 is 1.37. The molecule has 0 aliphatic heterocycles. The van der Waals surface area contributed by atoms with Crippen LogP contribution in [-0.4, -0.2) is 0 Å². The minimum atomic E-state index is 1.12. The number of anilines is 3. The number of thiophene rings is 1. The number of nitrogens with zero attached hydrogens (tertiary/aromatic N) is 1. The summed E-state index contributed by atoms with van der Waals surface area (Å²) in [5.41, 5.74) is 7.52. The highest BCUT2D eigenvalue weighted by Crippen LogP contribution is 2.43. The Hall–Kier alpha value is -4.14. The molecule has 0 atom stereocenters. The van der Waals surface area contributed by atoms with Crippen LogP contribution in [0.15, 0.2) is 121 Å². The van der Waals surface area contributed by atoms with Crippen LogP contribution < -0.4 is 4.90 Å². The third-order valence-corrected chi connectivity index (χ3v) is 8.31. The summed E-state index contributed by atoms with van der Waals surface area (Å²) in [6.45, 7) is 0. The second-order valence-electron chi connectivity index (χ2n) is 9.31. The van der Waals surface area contributed by atoms with Gasteiger partial charge in [0.15, 0.2) is 0 Å². The summed E-state index contributed by atoms with van der Waals surface area (Å²) in [4.78, 5) is 3.83. The van der Waals surface area contributed by atoms with Crippen LogP contribution in [0.3, 0.4) is 0 Å².